The van der Waals surface area contributed by atoms with Gasteiger partial charge >= 0.3 is 0 Å². The Bertz CT molecular complexity index is 1710. The van der Waals surface area contributed by atoms with Gasteiger partial charge in [-0.2, -0.15) is 0 Å². The minimum absolute atomic E-state index is 0.223. The lowest BCUT2D eigenvalue weighted by Crippen LogP contribution is -2.19. The minimum Gasteiger partial charge on any atom is -0.322 e. The number of benzene rings is 4. The summed E-state index contributed by atoms with van der Waals surface area (Å²) in [6.45, 7) is 0. The van der Waals surface area contributed by atoms with Crippen molar-refractivity contribution >= 4 is 92.1 Å². The predicted molar refractivity (Wildman–Crippen MR) is 172 cm³/mol. The second-order valence-corrected chi connectivity index (χ2v) is 12.4. The number of carbonyl (C=O) groups is 2. The lowest BCUT2D eigenvalue weighted by atomic mass is 10.1. The van der Waals surface area contributed by atoms with Gasteiger partial charge in [-0.3, -0.25) is 9.59 Å². The topological polar surface area (TPSA) is 71.1 Å². The Kier molecular flexibility index (Phi) is 9.55. The molecule has 0 aliphatic carbocycles. The van der Waals surface area contributed by atoms with Crippen molar-refractivity contribution in [3.8, 4) is 11.3 Å². The zero-order valence-electron chi connectivity index (χ0n) is 20.9. The van der Waals surface area contributed by atoms with Crippen LogP contribution in [-0.4, -0.2) is 16.8 Å². The fourth-order valence-electron chi connectivity index (χ4n) is 3.85. The summed E-state index contributed by atoms with van der Waals surface area (Å²) in [6.07, 6.45) is 0. The molecular formula is C30H19Cl4N3O2S2. The third-order valence-electron chi connectivity index (χ3n) is 5.82. The Hall–Kier alpha value is -3.04. The van der Waals surface area contributed by atoms with E-state index in [-0.39, 0.29) is 16.8 Å². The van der Waals surface area contributed by atoms with Crippen molar-refractivity contribution in [2.75, 3.05) is 10.6 Å². The first-order chi connectivity index (χ1) is 19.8. The monoisotopic (exact) mass is 657 g/mol. The number of aromatic nitrogens is 1. The van der Waals surface area contributed by atoms with E-state index in [1.165, 1.54) is 29.2 Å². The predicted octanol–water partition coefficient (Wildman–Crippen LogP) is 10.1. The first kappa shape index (κ1) is 29.5. The van der Waals surface area contributed by atoms with Crippen molar-refractivity contribution in [3.63, 3.8) is 0 Å². The Morgan fingerprint density at radius 2 is 1.46 bits per heavy atom. The van der Waals surface area contributed by atoms with Crippen LogP contribution in [0.3, 0.4) is 0 Å². The molecule has 5 nitrogen and oxygen atoms in total. The number of rotatable bonds is 8. The molecule has 0 spiro atoms. The van der Waals surface area contributed by atoms with Crippen LogP contribution in [0.1, 0.15) is 21.2 Å². The van der Waals surface area contributed by atoms with E-state index in [1.54, 1.807) is 42.5 Å². The molecule has 1 heterocycles. The number of amides is 2. The molecule has 0 aliphatic heterocycles. The quantitative estimate of drug-likeness (QED) is 0.163. The van der Waals surface area contributed by atoms with E-state index < -0.39 is 5.25 Å². The molecule has 2 N–H and O–H groups in total. The highest BCUT2D eigenvalue weighted by Gasteiger charge is 2.23. The summed E-state index contributed by atoms with van der Waals surface area (Å²) in [5.74, 6) is -0.574. The summed E-state index contributed by atoms with van der Waals surface area (Å²) in [4.78, 5) is 31.6. The molecule has 5 aromatic rings. The van der Waals surface area contributed by atoms with Crippen molar-refractivity contribution in [2.24, 2.45) is 0 Å². The van der Waals surface area contributed by atoms with Crippen LogP contribution in [0.5, 0.6) is 0 Å². The van der Waals surface area contributed by atoms with Crippen LogP contribution in [0.2, 0.25) is 20.1 Å². The summed E-state index contributed by atoms with van der Waals surface area (Å²) >= 11 is 27.1. The van der Waals surface area contributed by atoms with Crippen LogP contribution < -0.4 is 10.6 Å². The number of nitrogens with zero attached hydrogens (tertiary/aromatic N) is 1. The average Bonchev–Trinajstić information content (AvgIpc) is 3.40. The third kappa shape index (κ3) is 7.43. The molecule has 1 atom stereocenters. The first-order valence-corrected chi connectivity index (χ1v) is 15.3. The highest BCUT2D eigenvalue weighted by molar-refractivity contribution is 8.00. The highest BCUT2D eigenvalue weighted by atomic mass is 35.5. The summed E-state index contributed by atoms with van der Waals surface area (Å²) < 4.78 is 0. The number of thioether (sulfide) groups is 1. The van der Waals surface area contributed by atoms with E-state index in [0.717, 1.165) is 16.0 Å². The van der Waals surface area contributed by atoms with Gasteiger partial charge in [-0.15, -0.1) is 23.1 Å². The second-order valence-electron chi connectivity index (χ2n) is 8.66. The second kappa shape index (κ2) is 13.3. The number of hydrogen-bond donors (Lipinski definition) is 2. The zero-order valence-corrected chi connectivity index (χ0v) is 25.6. The van der Waals surface area contributed by atoms with Gasteiger partial charge in [0.2, 0.25) is 5.91 Å². The van der Waals surface area contributed by atoms with Crippen LogP contribution >= 0.6 is 69.5 Å². The maximum absolute atomic E-state index is 13.5. The molecule has 0 radical (unpaired) electrons. The van der Waals surface area contributed by atoms with Crippen LogP contribution in [0.25, 0.3) is 11.3 Å². The molecule has 206 valence electrons. The van der Waals surface area contributed by atoms with Gasteiger partial charge in [0.25, 0.3) is 5.91 Å². The summed E-state index contributed by atoms with van der Waals surface area (Å²) in [7, 11) is 0. The number of thiazole rings is 1. The number of nitrogens with one attached hydrogen (secondary N) is 2. The van der Waals surface area contributed by atoms with Gasteiger partial charge in [-0.1, -0.05) is 76.7 Å². The number of hydrogen-bond acceptors (Lipinski definition) is 5. The lowest BCUT2D eigenvalue weighted by Gasteiger charge is -2.16. The molecule has 1 unspecified atom stereocenters. The van der Waals surface area contributed by atoms with Gasteiger partial charge in [0.1, 0.15) is 5.25 Å². The summed E-state index contributed by atoms with van der Waals surface area (Å²) in [5.41, 5.74) is 3.12. The molecule has 4 aromatic carbocycles. The van der Waals surface area contributed by atoms with Gasteiger partial charge in [0.05, 0.1) is 21.3 Å². The molecule has 11 heteroatoms. The van der Waals surface area contributed by atoms with Gasteiger partial charge in [0.15, 0.2) is 5.13 Å². The standard InChI is InChI=1S/C30H19Cl4N3O2S2/c31-18-6-12-22(24(33)14-18)26-16-40-30(36-26)37-29(39)27(17-4-2-1-3-5-17)41-21-10-8-20(9-11-21)35-28(38)23-13-7-19(32)15-25(23)34/h1-16,27H,(H,35,38)(H,36,37,39). The van der Waals surface area contributed by atoms with E-state index in [4.69, 9.17) is 46.4 Å². The van der Waals surface area contributed by atoms with Gasteiger partial charge in [-0.05, 0) is 66.2 Å². The molecule has 0 bridgehead atoms. The smallest absolute Gasteiger partial charge is 0.257 e. The average molecular weight is 659 g/mol. The Morgan fingerprint density at radius 1 is 0.780 bits per heavy atom. The fourth-order valence-corrected chi connectivity index (χ4v) is 6.59. The molecular weight excluding hydrogens is 640 g/mol. The minimum atomic E-state index is -0.559. The third-order valence-corrected chi connectivity index (χ3v) is 8.94. The fraction of sp³-hybridized carbons (Fsp3) is 0.0333. The maximum Gasteiger partial charge on any atom is 0.257 e. The molecule has 1 aromatic heterocycles. The SMILES string of the molecule is O=C(Nc1ccc(SC(C(=O)Nc2nc(-c3ccc(Cl)cc3Cl)cs2)c2ccccc2)cc1)c1ccc(Cl)cc1Cl. The zero-order chi connectivity index (χ0) is 28.9. The van der Waals surface area contributed by atoms with Crippen LogP contribution in [0, 0.1) is 0 Å². The normalized spacial score (nSPS) is 11.6. The lowest BCUT2D eigenvalue weighted by molar-refractivity contribution is -0.115. The van der Waals surface area contributed by atoms with Crippen molar-refractivity contribution < 1.29 is 9.59 Å². The summed E-state index contributed by atoms with van der Waals surface area (Å²) in [6, 6.07) is 26.6. The van der Waals surface area contributed by atoms with Crippen molar-refractivity contribution in [1.29, 1.82) is 0 Å². The van der Waals surface area contributed by atoms with Crippen LogP contribution in [0.4, 0.5) is 10.8 Å². The van der Waals surface area contributed by atoms with Gasteiger partial charge in [0, 0.05) is 31.6 Å². The summed E-state index contributed by atoms with van der Waals surface area (Å²) in [5, 5.41) is 9.24. The number of anilines is 2. The van der Waals surface area contributed by atoms with Gasteiger partial charge in [-0.25, -0.2) is 4.98 Å². The van der Waals surface area contributed by atoms with Crippen LogP contribution in [-0.2, 0) is 4.79 Å². The molecule has 0 aliphatic rings. The van der Waals surface area contributed by atoms with Gasteiger partial charge < -0.3 is 10.6 Å². The molecule has 0 saturated heterocycles. The largest absolute Gasteiger partial charge is 0.322 e. The van der Waals surface area contributed by atoms with E-state index in [0.29, 0.717) is 37.1 Å². The molecule has 0 saturated carbocycles. The first-order valence-electron chi connectivity index (χ1n) is 12.1. The highest BCUT2D eigenvalue weighted by Crippen LogP contribution is 2.38. The Morgan fingerprint density at radius 3 is 2.15 bits per heavy atom. The van der Waals surface area contributed by atoms with E-state index in [9.17, 15) is 9.59 Å². The molecule has 41 heavy (non-hydrogen) atoms. The van der Waals surface area contributed by atoms with Crippen molar-refractivity contribution in [3.05, 3.63) is 128 Å². The van der Waals surface area contributed by atoms with Crippen LogP contribution in [0.15, 0.2) is 101 Å². The van der Waals surface area contributed by atoms with E-state index in [1.807, 2.05) is 47.8 Å². The number of halogens is 4. The van der Waals surface area contributed by atoms with E-state index in [2.05, 4.69) is 15.6 Å². The molecule has 2 amide bonds. The molecule has 0 fully saturated rings. The van der Waals surface area contributed by atoms with E-state index >= 15 is 0 Å². The Labute approximate surface area is 264 Å². The Balaban J connectivity index is 1.30. The van der Waals surface area contributed by atoms with Crippen molar-refractivity contribution in [1.82, 2.24) is 4.98 Å². The van der Waals surface area contributed by atoms with Crippen molar-refractivity contribution in [2.45, 2.75) is 10.1 Å². The number of carbonyl (C=O) groups excluding carboxylic acids is 2. The molecule has 5 rings (SSSR count). The maximum atomic E-state index is 13.5.